The van der Waals surface area contributed by atoms with Crippen molar-refractivity contribution in [3.8, 4) is 0 Å². The SMILES string of the molecule is NC(=O)CCC(NC(=O)C(Cc1ccccc1)NC(=O)C(CCC(=O)O)NC(=O)C(N)CCCN=C(N)N)C(=O)O. The lowest BCUT2D eigenvalue weighted by Gasteiger charge is -2.25. The van der Waals surface area contributed by atoms with Crippen LogP contribution in [0.5, 0.6) is 0 Å². The monoisotopic (exact) mass is 578 g/mol. The molecule has 0 saturated carbocycles. The second-order valence-corrected chi connectivity index (χ2v) is 9.20. The molecule has 1 aromatic carbocycles. The van der Waals surface area contributed by atoms with Gasteiger partial charge >= 0.3 is 11.9 Å². The van der Waals surface area contributed by atoms with Crippen LogP contribution in [0.4, 0.5) is 0 Å². The summed E-state index contributed by atoms with van der Waals surface area (Å²) >= 11 is 0. The number of aliphatic imine (C=N–C) groups is 1. The van der Waals surface area contributed by atoms with Crippen LogP contribution in [0, 0.1) is 0 Å². The third-order valence-corrected chi connectivity index (χ3v) is 5.79. The van der Waals surface area contributed by atoms with E-state index in [9.17, 15) is 33.9 Å². The summed E-state index contributed by atoms with van der Waals surface area (Å²) in [6.07, 6.45) is -0.922. The number of benzene rings is 1. The molecule has 0 aromatic heterocycles. The first-order chi connectivity index (χ1) is 19.3. The smallest absolute Gasteiger partial charge is 0.326 e. The molecule has 0 bridgehead atoms. The van der Waals surface area contributed by atoms with Gasteiger partial charge in [0.25, 0.3) is 0 Å². The zero-order valence-electron chi connectivity index (χ0n) is 22.5. The van der Waals surface area contributed by atoms with Gasteiger partial charge in [0, 0.05) is 25.8 Å². The zero-order valence-corrected chi connectivity index (χ0v) is 22.5. The average Bonchev–Trinajstić information content (AvgIpc) is 2.90. The Hall–Kier alpha value is -4.73. The van der Waals surface area contributed by atoms with Crippen molar-refractivity contribution in [2.45, 2.75) is 69.1 Å². The van der Waals surface area contributed by atoms with Gasteiger partial charge in [-0.05, 0) is 31.2 Å². The molecule has 0 fully saturated rings. The number of nitrogens with one attached hydrogen (secondary N) is 3. The maximum absolute atomic E-state index is 13.2. The lowest BCUT2D eigenvalue weighted by Crippen LogP contribution is -2.57. The fourth-order valence-corrected chi connectivity index (χ4v) is 3.61. The highest BCUT2D eigenvalue weighted by molar-refractivity contribution is 5.94. The topological polar surface area (TPSA) is 295 Å². The number of primary amides is 1. The first-order valence-electron chi connectivity index (χ1n) is 12.8. The lowest BCUT2D eigenvalue weighted by atomic mass is 10.0. The Morgan fingerprint density at radius 2 is 1.32 bits per heavy atom. The van der Waals surface area contributed by atoms with Gasteiger partial charge in [-0.15, -0.1) is 0 Å². The van der Waals surface area contributed by atoms with E-state index in [4.69, 9.17) is 28.0 Å². The van der Waals surface area contributed by atoms with Crippen molar-refractivity contribution in [3.05, 3.63) is 35.9 Å². The minimum absolute atomic E-state index is 0.0650. The highest BCUT2D eigenvalue weighted by atomic mass is 16.4. The molecule has 4 unspecified atom stereocenters. The number of guanidine groups is 1. The molecular weight excluding hydrogens is 540 g/mol. The Labute approximate surface area is 236 Å². The molecule has 0 heterocycles. The highest BCUT2D eigenvalue weighted by Crippen LogP contribution is 2.08. The molecule has 0 aliphatic rings. The number of nitrogens with two attached hydrogens (primary N) is 4. The highest BCUT2D eigenvalue weighted by Gasteiger charge is 2.31. The molecule has 41 heavy (non-hydrogen) atoms. The number of carboxylic acid groups (broad SMARTS) is 2. The number of amides is 4. The average molecular weight is 579 g/mol. The van der Waals surface area contributed by atoms with Crippen LogP contribution in [-0.2, 0) is 35.2 Å². The van der Waals surface area contributed by atoms with E-state index in [-0.39, 0.29) is 44.6 Å². The van der Waals surface area contributed by atoms with E-state index in [1.807, 2.05) is 0 Å². The molecule has 0 aliphatic heterocycles. The molecule has 1 aromatic rings. The predicted molar refractivity (Wildman–Crippen MR) is 147 cm³/mol. The van der Waals surface area contributed by atoms with Crippen molar-refractivity contribution in [1.29, 1.82) is 0 Å². The predicted octanol–water partition coefficient (Wildman–Crippen LogP) is -2.72. The van der Waals surface area contributed by atoms with Gasteiger partial charge in [-0.25, -0.2) is 4.79 Å². The van der Waals surface area contributed by atoms with Gasteiger partial charge in [0.05, 0.1) is 6.04 Å². The molecular formula is C25H38N8O8. The Balaban J connectivity index is 3.09. The molecule has 16 nitrogen and oxygen atoms in total. The maximum Gasteiger partial charge on any atom is 0.326 e. The molecule has 0 aliphatic carbocycles. The van der Waals surface area contributed by atoms with Crippen molar-refractivity contribution < 1.29 is 39.0 Å². The second kappa shape index (κ2) is 17.8. The number of carboxylic acids is 2. The van der Waals surface area contributed by atoms with Crippen LogP contribution in [-0.4, -0.2) is 82.5 Å². The van der Waals surface area contributed by atoms with Crippen molar-refractivity contribution in [2.24, 2.45) is 27.9 Å². The van der Waals surface area contributed by atoms with Crippen LogP contribution in [0.1, 0.15) is 44.1 Å². The summed E-state index contributed by atoms with van der Waals surface area (Å²) in [5, 5.41) is 25.8. The largest absolute Gasteiger partial charge is 0.481 e. The standard InChI is InChI=1S/C25H38N8O8/c26-15(7-4-12-30-25(28)29)21(37)31-16(9-11-20(35)36)22(38)33-18(13-14-5-2-1-3-6-14)23(39)32-17(24(40)41)8-10-19(27)34/h1-3,5-6,15-18H,4,7-13,26H2,(H2,27,34)(H,31,37)(H,32,39)(H,33,38)(H,35,36)(H,40,41)(H4,28,29,30). The minimum atomic E-state index is -1.47. The lowest BCUT2D eigenvalue weighted by molar-refractivity contribution is -0.142. The molecule has 16 heteroatoms. The summed E-state index contributed by atoms with van der Waals surface area (Å²) < 4.78 is 0. The Bertz CT molecular complexity index is 1090. The van der Waals surface area contributed by atoms with Crippen LogP contribution in [0.3, 0.4) is 0 Å². The van der Waals surface area contributed by atoms with E-state index in [0.717, 1.165) is 0 Å². The maximum atomic E-state index is 13.2. The van der Waals surface area contributed by atoms with Crippen molar-refractivity contribution in [2.75, 3.05) is 6.54 Å². The number of rotatable bonds is 19. The van der Waals surface area contributed by atoms with Gasteiger partial charge < -0.3 is 49.1 Å². The van der Waals surface area contributed by atoms with E-state index in [1.165, 1.54) is 0 Å². The van der Waals surface area contributed by atoms with Gasteiger partial charge in [-0.3, -0.25) is 29.0 Å². The van der Waals surface area contributed by atoms with Crippen molar-refractivity contribution in [1.82, 2.24) is 16.0 Å². The third-order valence-electron chi connectivity index (χ3n) is 5.79. The summed E-state index contributed by atoms with van der Waals surface area (Å²) in [5.41, 5.74) is 22.1. The van der Waals surface area contributed by atoms with Gasteiger partial charge in [0.2, 0.25) is 23.6 Å². The first-order valence-corrected chi connectivity index (χ1v) is 12.8. The minimum Gasteiger partial charge on any atom is -0.481 e. The van der Waals surface area contributed by atoms with Crippen LogP contribution >= 0.6 is 0 Å². The van der Waals surface area contributed by atoms with Crippen molar-refractivity contribution >= 4 is 41.5 Å². The summed E-state index contributed by atoms with van der Waals surface area (Å²) in [6.45, 7) is 0.222. The molecule has 1 rings (SSSR count). The van der Waals surface area contributed by atoms with Gasteiger partial charge in [0.1, 0.15) is 18.1 Å². The van der Waals surface area contributed by atoms with Crippen molar-refractivity contribution in [3.63, 3.8) is 0 Å². The first kappa shape index (κ1) is 34.3. The van der Waals surface area contributed by atoms with Gasteiger partial charge in [-0.2, -0.15) is 0 Å². The number of hydrogen-bond acceptors (Lipinski definition) is 8. The Morgan fingerprint density at radius 1 is 0.756 bits per heavy atom. The van der Waals surface area contributed by atoms with E-state index in [1.54, 1.807) is 30.3 Å². The summed E-state index contributed by atoms with van der Waals surface area (Å²) in [7, 11) is 0. The Morgan fingerprint density at radius 3 is 1.88 bits per heavy atom. The quantitative estimate of drug-likeness (QED) is 0.0461. The fourth-order valence-electron chi connectivity index (χ4n) is 3.61. The summed E-state index contributed by atoms with van der Waals surface area (Å²) in [5.74, 6) is -6.01. The molecule has 226 valence electrons. The number of hydrogen-bond donors (Lipinski definition) is 9. The number of carbonyl (C=O) groups is 6. The zero-order chi connectivity index (χ0) is 30.9. The molecule has 13 N–H and O–H groups in total. The number of carbonyl (C=O) groups excluding carboxylic acids is 4. The van der Waals surface area contributed by atoms with Crippen LogP contribution in [0.2, 0.25) is 0 Å². The van der Waals surface area contributed by atoms with E-state index in [2.05, 4.69) is 20.9 Å². The van der Waals surface area contributed by atoms with E-state index < -0.39 is 66.2 Å². The molecule has 0 saturated heterocycles. The fraction of sp³-hybridized carbons (Fsp3) is 0.480. The Kier molecular flexibility index (Phi) is 14.9. The number of aliphatic carboxylic acids is 2. The number of nitrogens with zero attached hydrogens (tertiary/aromatic N) is 1. The van der Waals surface area contributed by atoms with Crippen LogP contribution in [0.25, 0.3) is 0 Å². The molecule has 0 spiro atoms. The van der Waals surface area contributed by atoms with E-state index in [0.29, 0.717) is 12.0 Å². The molecule has 0 radical (unpaired) electrons. The second-order valence-electron chi connectivity index (χ2n) is 9.20. The molecule has 4 atom stereocenters. The van der Waals surface area contributed by atoms with Crippen LogP contribution in [0.15, 0.2) is 35.3 Å². The third kappa shape index (κ3) is 14.3. The summed E-state index contributed by atoms with van der Waals surface area (Å²) in [6, 6.07) is 3.26. The van der Waals surface area contributed by atoms with Gasteiger partial charge in [-0.1, -0.05) is 30.3 Å². The summed E-state index contributed by atoms with van der Waals surface area (Å²) in [4.78, 5) is 76.7. The van der Waals surface area contributed by atoms with Crippen LogP contribution < -0.4 is 38.9 Å². The van der Waals surface area contributed by atoms with E-state index >= 15 is 0 Å². The molecule has 4 amide bonds. The van der Waals surface area contributed by atoms with Gasteiger partial charge in [0.15, 0.2) is 5.96 Å². The normalized spacial score (nSPS) is 13.5.